The number of alkyl halides is 4. The molecule has 0 aliphatic carbocycles. The number of piperidine rings is 1. The van der Waals surface area contributed by atoms with Gasteiger partial charge in [0.05, 0.1) is 6.54 Å². The zero-order valence-electron chi connectivity index (χ0n) is 19.5. The molecule has 1 aliphatic heterocycles. The maximum atomic E-state index is 15.1. The van der Waals surface area contributed by atoms with Crippen LogP contribution in [-0.4, -0.2) is 46.5 Å². The number of benzene rings is 2. The lowest BCUT2D eigenvalue weighted by atomic mass is 9.88. The Labute approximate surface area is 204 Å². The normalized spacial score (nSPS) is 18.0. The second-order valence-corrected chi connectivity index (χ2v) is 8.37. The van der Waals surface area contributed by atoms with E-state index >= 15 is 4.39 Å². The number of rotatable bonds is 6. The van der Waals surface area contributed by atoms with Crippen LogP contribution in [0.5, 0.6) is 5.75 Å². The van der Waals surface area contributed by atoms with Crippen LogP contribution in [0, 0.1) is 6.92 Å². The molecule has 1 amide bonds. The molecule has 2 N–H and O–H groups in total. The van der Waals surface area contributed by atoms with E-state index in [0.717, 1.165) is 5.56 Å². The van der Waals surface area contributed by atoms with E-state index in [1.165, 1.54) is 37.5 Å². The average Bonchev–Trinajstić information content (AvgIpc) is 2.81. The first-order chi connectivity index (χ1) is 17.1. The Kier molecular flexibility index (Phi) is 7.22. The van der Waals surface area contributed by atoms with Crippen molar-refractivity contribution in [2.45, 2.75) is 38.7 Å². The third kappa shape index (κ3) is 6.18. The molecule has 1 fully saturated rings. The van der Waals surface area contributed by atoms with Crippen LogP contribution in [0.1, 0.15) is 30.4 Å². The van der Waals surface area contributed by atoms with Gasteiger partial charge in [-0.25, -0.2) is 14.4 Å². The van der Waals surface area contributed by atoms with Crippen molar-refractivity contribution >= 4 is 29.2 Å². The fourth-order valence-corrected chi connectivity index (χ4v) is 4.10. The minimum Gasteiger partial charge on any atom is -0.406 e. The van der Waals surface area contributed by atoms with Crippen molar-refractivity contribution in [1.29, 1.82) is 0 Å². The van der Waals surface area contributed by atoms with Crippen LogP contribution < -0.4 is 20.3 Å². The van der Waals surface area contributed by atoms with Crippen molar-refractivity contribution in [2.24, 2.45) is 0 Å². The van der Waals surface area contributed by atoms with E-state index in [1.807, 2.05) is 13.0 Å². The number of carbonyl (C=O) groups is 1. The van der Waals surface area contributed by atoms with Crippen LogP contribution in [0.2, 0.25) is 0 Å². The summed E-state index contributed by atoms with van der Waals surface area (Å²) in [5.41, 5.74) is 2.75. The lowest BCUT2D eigenvalue weighted by Crippen LogP contribution is -2.41. The minimum atomic E-state index is -4.78. The summed E-state index contributed by atoms with van der Waals surface area (Å²) in [5, 5.41) is 5.87. The minimum absolute atomic E-state index is 0.0198. The lowest BCUT2D eigenvalue weighted by molar-refractivity contribution is -0.274. The number of halogens is 4. The first kappa shape index (κ1) is 25.1. The molecule has 4 rings (SSSR count). The summed E-state index contributed by atoms with van der Waals surface area (Å²) >= 11 is 0. The van der Waals surface area contributed by atoms with E-state index in [0.29, 0.717) is 35.9 Å². The van der Waals surface area contributed by atoms with Gasteiger partial charge in [0, 0.05) is 30.8 Å². The molecule has 1 saturated heterocycles. The number of amides is 1. The van der Waals surface area contributed by atoms with Crippen molar-refractivity contribution in [3.05, 3.63) is 59.9 Å². The predicted octanol–water partition coefficient (Wildman–Crippen LogP) is 5.11. The molecular formula is C24H24F4N6O2. The summed E-state index contributed by atoms with van der Waals surface area (Å²) in [6.07, 6.45) is -4.30. The standard InChI is InChI=1S/C24H24F4N6O2/c1-14-20(31-15(2)35)4-3-5-21(14)32-22-29-13-30-23(33-22)34-11-10-18(19(25)12-34)16-6-8-17(9-7-16)36-24(26,27)28/h3-9,13,18-19H,10-12H2,1-2H3,(H,31,35)(H,29,30,32,33). The molecule has 190 valence electrons. The van der Waals surface area contributed by atoms with Gasteiger partial charge in [-0.1, -0.05) is 18.2 Å². The van der Waals surface area contributed by atoms with Crippen LogP contribution in [0.25, 0.3) is 0 Å². The molecule has 1 aliphatic rings. The van der Waals surface area contributed by atoms with Crippen LogP contribution in [-0.2, 0) is 4.79 Å². The molecule has 2 heterocycles. The van der Waals surface area contributed by atoms with E-state index in [-0.39, 0.29) is 24.1 Å². The van der Waals surface area contributed by atoms with Crippen LogP contribution in [0.15, 0.2) is 48.8 Å². The quantitative estimate of drug-likeness (QED) is 0.451. The van der Waals surface area contributed by atoms with Gasteiger partial charge in [0.15, 0.2) is 0 Å². The van der Waals surface area contributed by atoms with Gasteiger partial charge in [0.1, 0.15) is 18.2 Å². The average molecular weight is 504 g/mol. The number of nitrogens with zero attached hydrogens (tertiary/aromatic N) is 4. The lowest BCUT2D eigenvalue weighted by Gasteiger charge is -2.35. The highest BCUT2D eigenvalue weighted by Gasteiger charge is 2.33. The fraction of sp³-hybridized carbons (Fsp3) is 0.333. The Morgan fingerprint density at radius 1 is 1.11 bits per heavy atom. The first-order valence-corrected chi connectivity index (χ1v) is 11.2. The van der Waals surface area contributed by atoms with Crippen LogP contribution in [0.3, 0.4) is 0 Å². The number of nitrogens with one attached hydrogen (secondary N) is 2. The first-order valence-electron chi connectivity index (χ1n) is 11.2. The second-order valence-electron chi connectivity index (χ2n) is 8.37. The highest BCUT2D eigenvalue weighted by atomic mass is 19.4. The zero-order chi connectivity index (χ0) is 25.9. The molecule has 0 bridgehead atoms. The summed E-state index contributed by atoms with van der Waals surface area (Å²) < 4.78 is 56.1. The molecule has 2 unspecified atom stereocenters. The molecular weight excluding hydrogens is 480 g/mol. The molecule has 2 aromatic carbocycles. The molecule has 0 radical (unpaired) electrons. The van der Waals surface area contributed by atoms with Gasteiger partial charge in [-0.3, -0.25) is 4.79 Å². The highest BCUT2D eigenvalue weighted by Crippen LogP contribution is 2.34. The molecule has 12 heteroatoms. The summed E-state index contributed by atoms with van der Waals surface area (Å²) in [5.74, 6) is -0.437. The molecule has 2 atom stereocenters. The van der Waals surface area contributed by atoms with E-state index in [1.54, 1.807) is 17.0 Å². The number of aromatic nitrogens is 3. The van der Waals surface area contributed by atoms with Crippen molar-refractivity contribution in [2.75, 3.05) is 28.6 Å². The zero-order valence-corrected chi connectivity index (χ0v) is 19.5. The summed E-state index contributed by atoms with van der Waals surface area (Å²) in [6.45, 7) is 3.74. The molecule has 0 spiro atoms. The highest BCUT2D eigenvalue weighted by molar-refractivity contribution is 5.90. The van der Waals surface area contributed by atoms with E-state index in [4.69, 9.17) is 0 Å². The fourth-order valence-electron chi connectivity index (χ4n) is 4.10. The number of anilines is 4. The van der Waals surface area contributed by atoms with Gasteiger partial charge < -0.3 is 20.3 Å². The van der Waals surface area contributed by atoms with Gasteiger partial charge >= 0.3 is 6.36 Å². The van der Waals surface area contributed by atoms with Crippen LogP contribution in [0.4, 0.5) is 40.8 Å². The van der Waals surface area contributed by atoms with Gasteiger partial charge in [-0.05, 0) is 48.7 Å². The number of hydrogen-bond donors (Lipinski definition) is 2. The molecule has 8 nitrogen and oxygen atoms in total. The Bertz CT molecular complexity index is 1220. The maximum Gasteiger partial charge on any atom is 0.573 e. The number of hydrogen-bond acceptors (Lipinski definition) is 7. The Morgan fingerprint density at radius 2 is 1.83 bits per heavy atom. The maximum absolute atomic E-state index is 15.1. The molecule has 36 heavy (non-hydrogen) atoms. The van der Waals surface area contributed by atoms with Crippen LogP contribution >= 0.6 is 0 Å². The number of ether oxygens (including phenoxy) is 1. The predicted molar refractivity (Wildman–Crippen MR) is 126 cm³/mol. The van der Waals surface area contributed by atoms with E-state index in [2.05, 4.69) is 30.3 Å². The number of carbonyl (C=O) groups excluding carboxylic acids is 1. The Hall–Kier alpha value is -3.96. The van der Waals surface area contributed by atoms with Gasteiger partial charge in [0.25, 0.3) is 0 Å². The van der Waals surface area contributed by atoms with Crippen molar-refractivity contribution < 1.29 is 27.1 Å². The molecule has 3 aromatic rings. The second kappa shape index (κ2) is 10.3. The van der Waals surface area contributed by atoms with Gasteiger partial charge in [-0.2, -0.15) is 4.98 Å². The van der Waals surface area contributed by atoms with Gasteiger partial charge in [0.2, 0.25) is 17.8 Å². The van der Waals surface area contributed by atoms with Crippen molar-refractivity contribution in [3.63, 3.8) is 0 Å². The Morgan fingerprint density at radius 3 is 2.50 bits per heavy atom. The summed E-state index contributed by atoms with van der Waals surface area (Å²) in [6, 6.07) is 10.7. The SMILES string of the molecule is CC(=O)Nc1cccc(Nc2ncnc(N3CCC(c4ccc(OC(F)(F)F)cc4)C(F)C3)n2)c1C. The smallest absolute Gasteiger partial charge is 0.406 e. The van der Waals surface area contributed by atoms with Gasteiger partial charge in [-0.15, -0.1) is 13.2 Å². The molecule has 0 saturated carbocycles. The van der Waals surface area contributed by atoms with Crippen molar-refractivity contribution in [3.8, 4) is 5.75 Å². The Balaban J connectivity index is 1.43. The third-order valence-corrected chi connectivity index (χ3v) is 5.82. The summed E-state index contributed by atoms with van der Waals surface area (Å²) in [4.78, 5) is 25.9. The topological polar surface area (TPSA) is 92.3 Å². The summed E-state index contributed by atoms with van der Waals surface area (Å²) in [7, 11) is 0. The van der Waals surface area contributed by atoms with Crippen molar-refractivity contribution in [1.82, 2.24) is 15.0 Å². The monoisotopic (exact) mass is 504 g/mol. The molecule has 1 aromatic heterocycles. The third-order valence-electron chi connectivity index (χ3n) is 5.82. The largest absolute Gasteiger partial charge is 0.573 e. The van der Waals surface area contributed by atoms with E-state index < -0.39 is 18.5 Å². The van der Waals surface area contributed by atoms with E-state index in [9.17, 15) is 18.0 Å².